The maximum Gasteiger partial charge on any atom is 0.410 e. The predicted molar refractivity (Wildman–Crippen MR) is 107 cm³/mol. The molecule has 2 aromatic rings. The van der Waals surface area contributed by atoms with Crippen LogP contribution in [0.15, 0.2) is 42.5 Å². The number of hydrogen-bond acceptors (Lipinski definition) is 4. The normalized spacial score (nSPS) is 17.4. The van der Waals surface area contributed by atoms with Crippen molar-refractivity contribution in [1.29, 1.82) is 5.26 Å². The van der Waals surface area contributed by atoms with Gasteiger partial charge < -0.3 is 15.0 Å². The molecule has 31 heavy (non-hydrogen) atoms. The first-order valence-corrected chi connectivity index (χ1v) is 9.86. The summed E-state index contributed by atoms with van der Waals surface area (Å²) in [5, 5.41) is 11.6. The molecular weight excluding hydrogens is 406 g/mol. The van der Waals surface area contributed by atoms with Crippen LogP contribution >= 0.6 is 0 Å². The minimum Gasteiger partial charge on any atom is -0.441 e. The van der Waals surface area contributed by atoms with E-state index in [9.17, 15) is 23.6 Å². The van der Waals surface area contributed by atoms with Gasteiger partial charge in [0.15, 0.2) is 0 Å². The van der Waals surface area contributed by atoms with Gasteiger partial charge >= 0.3 is 12.1 Å². The van der Waals surface area contributed by atoms with Gasteiger partial charge in [-0.1, -0.05) is 18.2 Å². The summed E-state index contributed by atoms with van der Waals surface area (Å²) in [6.45, 7) is 1.24. The van der Waals surface area contributed by atoms with Crippen molar-refractivity contribution < 1.29 is 23.1 Å². The molecule has 2 heterocycles. The third kappa shape index (κ3) is 4.28. The van der Waals surface area contributed by atoms with Crippen molar-refractivity contribution in [3.8, 4) is 6.07 Å². The average molecular weight is 426 g/mol. The Balaban J connectivity index is 1.37. The Bertz CT molecular complexity index is 1060. The van der Waals surface area contributed by atoms with E-state index in [1.165, 1.54) is 4.90 Å². The monoisotopic (exact) mass is 426 g/mol. The summed E-state index contributed by atoms with van der Waals surface area (Å²) in [7, 11) is 0. The highest BCUT2D eigenvalue weighted by Gasteiger charge is 2.47. The zero-order valence-corrected chi connectivity index (χ0v) is 16.6. The Labute approximate surface area is 177 Å². The highest BCUT2D eigenvalue weighted by Crippen LogP contribution is 2.34. The summed E-state index contributed by atoms with van der Waals surface area (Å²) in [4.78, 5) is 27.9. The quantitative estimate of drug-likeness (QED) is 0.808. The second-order valence-corrected chi connectivity index (χ2v) is 7.72. The number of nitrogens with zero attached hydrogens (tertiary/aromatic N) is 3. The second kappa shape index (κ2) is 8.22. The van der Waals surface area contributed by atoms with Crippen LogP contribution in [0.1, 0.15) is 24.0 Å². The molecule has 2 saturated heterocycles. The van der Waals surface area contributed by atoms with Gasteiger partial charge in [-0.2, -0.15) is 5.26 Å². The number of piperidine rings is 1. The summed E-state index contributed by atoms with van der Waals surface area (Å²) >= 11 is 0. The Morgan fingerprint density at radius 3 is 2.68 bits per heavy atom. The lowest BCUT2D eigenvalue weighted by molar-refractivity contribution is 0.0108. The van der Waals surface area contributed by atoms with Crippen LogP contribution in [0.5, 0.6) is 0 Å². The molecule has 7 nitrogen and oxygen atoms in total. The smallest absolute Gasteiger partial charge is 0.410 e. The SMILES string of the molecule is N#Cc1ccccc1CN1CC2(CCN(C(=O)Nc3cc(F)ccc3F)CC2)OC1=O. The van der Waals surface area contributed by atoms with Crippen LogP contribution in [0.25, 0.3) is 0 Å². The lowest BCUT2D eigenvalue weighted by atomic mass is 9.91. The third-order valence-corrected chi connectivity index (χ3v) is 5.67. The standard InChI is InChI=1S/C22H20F2N4O3/c23-17-5-6-18(24)19(11-17)26-20(29)27-9-7-22(8-10-27)14-28(21(30)31-22)13-16-4-2-1-3-15(16)12-25/h1-6,11H,7-10,13-14H2,(H,26,29). The lowest BCUT2D eigenvalue weighted by Crippen LogP contribution is -2.49. The van der Waals surface area contributed by atoms with E-state index in [2.05, 4.69) is 11.4 Å². The molecule has 2 fully saturated rings. The molecule has 1 spiro atoms. The van der Waals surface area contributed by atoms with Gasteiger partial charge in [0.1, 0.15) is 17.2 Å². The number of amides is 3. The minimum absolute atomic E-state index is 0.222. The molecule has 2 aliphatic rings. The van der Waals surface area contributed by atoms with Crippen molar-refractivity contribution in [2.45, 2.75) is 25.0 Å². The van der Waals surface area contributed by atoms with E-state index in [0.29, 0.717) is 38.0 Å². The summed E-state index contributed by atoms with van der Waals surface area (Å²) in [5.41, 5.74) is 0.319. The van der Waals surface area contributed by atoms with E-state index in [0.717, 1.165) is 23.8 Å². The van der Waals surface area contributed by atoms with E-state index in [-0.39, 0.29) is 12.2 Å². The topological polar surface area (TPSA) is 85.7 Å². The summed E-state index contributed by atoms with van der Waals surface area (Å²) in [6, 6.07) is 11.5. The first-order valence-electron chi connectivity index (χ1n) is 9.86. The van der Waals surface area contributed by atoms with Crippen LogP contribution < -0.4 is 5.32 Å². The van der Waals surface area contributed by atoms with E-state index in [1.54, 1.807) is 23.1 Å². The molecule has 160 valence electrons. The van der Waals surface area contributed by atoms with Gasteiger partial charge in [0.2, 0.25) is 0 Å². The van der Waals surface area contributed by atoms with Crippen LogP contribution in [-0.4, -0.2) is 47.2 Å². The van der Waals surface area contributed by atoms with Crippen LogP contribution in [0, 0.1) is 23.0 Å². The Hall–Kier alpha value is -3.67. The maximum atomic E-state index is 13.8. The van der Waals surface area contributed by atoms with Crippen molar-refractivity contribution in [2.24, 2.45) is 0 Å². The Morgan fingerprint density at radius 1 is 1.19 bits per heavy atom. The molecule has 2 aromatic carbocycles. The molecular formula is C22H20F2N4O3. The second-order valence-electron chi connectivity index (χ2n) is 7.72. The van der Waals surface area contributed by atoms with Crippen LogP contribution in [0.4, 0.5) is 24.1 Å². The number of likely N-dealkylation sites (tertiary alicyclic amines) is 1. The molecule has 0 bridgehead atoms. The van der Waals surface area contributed by atoms with Crippen LogP contribution in [0.3, 0.4) is 0 Å². The Morgan fingerprint density at radius 2 is 1.94 bits per heavy atom. The number of nitriles is 1. The number of carbonyl (C=O) groups excluding carboxylic acids is 2. The fourth-order valence-corrected chi connectivity index (χ4v) is 3.95. The molecule has 0 aromatic heterocycles. The summed E-state index contributed by atoms with van der Waals surface area (Å²) < 4.78 is 32.8. The van der Waals surface area contributed by atoms with Crippen molar-refractivity contribution in [2.75, 3.05) is 25.0 Å². The van der Waals surface area contributed by atoms with Gasteiger partial charge in [0.05, 0.1) is 30.4 Å². The summed E-state index contributed by atoms with van der Waals surface area (Å²) in [6.07, 6.45) is 0.398. The molecule has 1 N–H and O–H groups in total. The molecule has 0 aliphatic carbocycles. The number of urea groups is 1. The van der Waals surface area contributed by atoms with E-state index in [4.69, 9.17) is 4.74 Å². The first kappa shape index (κ1) is 20.6. The Kier molecular flexibility index (Phi) is 5.46. The molecule has 0 radical (unpaired) electrons. The van der Waals surface area contributed by atoms with Crippen molar-refractivity contribution in [1.82, 2.24) is 9.80 Å². The molecule has 0 atom stereocenters. The third-order valence-electron chi connectivity index (χ3n) is 5.67. The minimum atomic E-state index is -0.721. The number of carbonyl (C=O) groups is 2. The number of hydrogen-bond donors (Lipinski definition) is 1. The number of anilines is 1. The fourth-order valence-electron chi connectivity index (χ4n) is 3.95. The van der Waals surface area contributed by atoms with Gasteiger partial charge in [-0.05, 0) is 23.8 Å². The zero-order valence-electron chi connectivity index (χ0n) is 16.6. The van der Waals surface area contributed by atoms with E-state index >= 15 is 0 Å². The molecule has 0 saturated carbocycles. The van der Waals surface area contributed by atoms with Crippen LogP contribution in [-0.2, 0) is 11.3 Å². The molecule has 2 aliphatic heterocycles. The maximum absolute atomic E-state index is 13.8. The van der Waals surface area contributed by atoms with Crippen LogP contribution in [0.2, 0.25) is 0 Å². The highest BCUT2D eigenvalue weighted by molar-refractivity contribution is 5.89. The van der Waals surface area contributed by atoms with Gasteiger partial charge in [0, 0.05) is 32.0 Å². The molecule has 3 amide bonds. The fraction of sp³-hybridized carbons (Fsp3) is 0.318. The zero-order chi connectivity index (χ0) is 22.0. The number of rotatable bonds is 3. The lowest BCUT2D eigenvalue weighted by Gasteiger charge is -2.37. The molecule has 9 heteroatoms. The number of benzene rings is 2. The van der Waals surface area contributed by atoms with Gasteiger partial charge in [-0.25, -0.2) is 18.4 Å². The first-order chi connectivity index (χ1) is 14.9. The van der Waals surface area contributed by atoms with E-state index in [1.807, 2.05) is 6.07 Å². The highest BCUT2D eigenvalue weighted by atomic mass is 19.1. The molecule has 0 unspecified atom stereocenters. The number of halogens is 2. The van der Waals surface area contributed by atoms with E-state index < -0.39 is 29.4 Å². The summed E-state index contributed by atoms with van der Waals surface area (Å²) in [5.74, 6) is -1.37. The molecule has 4 rings (SSSR count). The average Bonchev–Trinajstić information content (AvgIpc) is 3.06. The number of ether oxygens (including phenoxy) is 1. The van der Waals surface area contributed by atoms with Crippen molar-refractivity contribution >= 4 is 17.8 Å². The van der Waals surface area contributed by atoms with Crippen molar-refractivity contribution in [3.05, 3.63) is 65.2 Å². The van der Waals surface area contributed by atoms with Gasteiger partial charge in [-0.15, -0.1) is 0 Å². The number of nitrogens with one attached hydrogen (secondary N) is 1. The predicted octanol–water partition coefficient (Wildman–Crippen LogP) is 3.86. The van der Waals surface area contributed by atoms with Gasteiger partial charge in [-0.3, -0.25) is 4.90 Å². The van der Waals surface area contributed by atoms with Gasteiger partial charge in [0.25, 0.3) is 0 Å². The largest absolute Gasteiger partial charge is 0.441 e. The van der Waals surface area contributed by atoms with Crippen molar-refractivity contribution in [3.63, 3.8) is 0 Å².